The molecule has 0 spiro atoms. The zero-order valence-corrected chi connectivity index (χ0v) is 11.1. The average Bonchev–Trinajstić information content (AvgIpc) is 2.34. The van der Waals surface area contributed by atoms with E-state index in [0.717, 1.165) is 0 Å². The molecule has 1 aromatic carbocycles. The van der Waals surface area contributed by atoms with Crippen LogP contribution in [0.2, 0.25) is 0 Å². The van der Waals surface area contributed by atoms with E-state index in [2.05, 4.69) is 21.2 Å². The molecule has 0 heterocycles. The van der Waals surface area contributed by atoms with E-state index in [0.29, 0.717) is 23.9 Å². The molecule has 0 aliphatic rings. The number of hydrogen-bond donors (Lipinski definition) is 2. The highest BCUT2D eigenvalue weighted by Crippen LogP contribution is 2.25. The minimum atomic E-state index is -0.549. The first-order chi connectivity index (χ1) is 8.56. The summed E-state index contributed by atoms with van der Waals surface area (Å²) in [6.07, 6.45) is 1.28. The van der Waals surface area contributed by atoms with Gasteiger partial charge in [0.2, 0.25) is 0 Å². The zero-order valence-electron chi connectivity index (χ0n) is 9.56. The highest BCUT2D eigenvalue weighted by atomic mass is 79.9. The second kappa shape index (κ2) is 7.07. The van der Waals surface area contributed by atoms with Crippen LogP contribution in [0.3, 0.4) is 0 Å². The Kier molecular flexibility index (Phi) is 5.73. The third kappa shape index (κ3) is 4.08. The molecule has 1 aromatic rings. The summed E-state index contributed by atoms with van der Waals surface area (Å²) in [7, 11) is 0. The van der Waals surface area contributed by atoms with E-state index >= 15 is 0 Å². The van der Waals surface area contributed by atoms with Crippen molar-refractivity contribution in [2.75, 3.05) is 13.2 Å². The van der Waals surface area contributed by atoms with Crippen LogP contribution in [0.25, 0.3) is 0 Å². The Labute approximate surface area is 112 Å². The van der Waals surface area contributed by atoms with Gasteiger partial charge < -0.3 is 10.4 Å². The summed E-state index contributed by atoms with van der Waals surface area (Å²) in [4.78, 5) is 21.8. The van der Waals surface area contributed by atoms with Crippen molar-refractivity contribution >= 4 is 27.5 Å². The van der Waals surface area contributed by atoms with Gasteiger partial charge in [-0.2, -0.15) is 0 Å². The molecule has 0 radical (unpaired) electrons. The van der Waals surface area contributed by atoms with Gasteiger partial charge in [0.15, 0.2) is 0 Å². The fourth-order valence-electron chi connectivity index (χ4n) is 1.33. The molecule has 0 saturated heterocycles. The number of rotatable bonds is 6. The smallest absolute Gasteiger partial charge is 0.284 e. The van der Waals surface area contributed by atoms with Gasteiger partial charge in [-0.25, -0.2) is 0 Å². The van der Waals surface area contributed by atoms with Gasteiger partial charge in [-0.05, 0) is 40.9 Å². The van der Waals surface area contributed by atoms with E-state index < -0.39 is 4.92 Å². The molecular weight excluding hydrogens is 304 g/mol. The van der Waals surface area contributed by atoms with Gasteiger partial charge in [0.25, 0.3) is 11.6 Å². The van der Waals surface area contributed by atoms with Crippen LogP contribution >= 0.6 is 15.9 Å². The van der Waals surface area contributed by atoms with Gasteiger partial charge in [-0.1, -0.05) is 0 Å². The first kappa shape index (κ1) is 14.6. The summed E-state index contributed by atoms with van der Waals surface area (Å²) in [6, 6.07) is 4.21. The minimum absolute atomic E-state index is 0.0830. The molecule has 0 bridgehead atoms. The second-order valence-corrected chi connectivity index (χ2v) is 4.46. The Morgan fingerprint density at radius 3 is 2.78 bits per heavy atom. The van der Waals surface area contributed by atoms with Crippen LogP contribution in [-0.4, -0.2) is 29.1 Å². The topological polar surface area (TPSA) is 92.5 Å². The van der Waals surface area contributed by atoms with Crippen molar-refractivity contribution in [3.05, 3.63) is 38.3 Å². The molecule has 1 amide bonds. The van der Waals surface area contributed by atoms with Crippen molar-refractivity contribution < 1.29 is 14.8 Å². The summed E-state index contributed by atoms with van der Waals surface area (Å²) >= 11 is 3.05. The molecule has 98 valence electrons. The lowest BCUT2D eigenvalue weighted by Crippen LogP contribution is -2.24. The lowest BCUT2D eigenvalue weighted by atomic mass is 10.2. The number of nitrogens with one attached hydrogen (secondary N) is 1. The van der Waals surface area contributed by atoms with Gasteiger partial charge >= 0.3 is 0 Å². The number of carbonyl (C=O) groups is 1. The Morgan fingerprint density at radius 2 is 2.17 bits per heavy atom. The Hall–Kier alpha value is -1.47. The largest absolute Gasteiger partial charge is 0.396 e. The van der Waals surface area contributed by atoms with Crippen molar-refractivity contribution in [2.24, 2.45) is 0 Å². The zero-order chi connectivity index (χ0) is 13.5. The first-order valence-corrected chi connectivity index (χ1v) is 6.18. The van der Waals surface area contributed by atoms with E-state index in [1.54, 1.807) is 0 Å². The van der Waals surface area contributed by atoms with E-state index in [-0.39, 0.29) is 23.8 Å². The van der Waals surface area contributed by atoms with Crippen LogP contribution in [0.5, 0.6) is 0 Å². The van der Waals surface area contributed by atoms with E-state index in [1.165, 1.54) is 18.2 Å². The molecule has 0 saturated carbocycles. The number of nitro benzene ring substituents is 1. The Balaban J connectivity index is 2.68. The lowest BCUT2D eigenvalue weighted by molar-refractivity contribution is -0.385. The molecule has 0 aliphatic carbocycles. The summed E-state index contributed by atoms with van der Waals surface area (Å²) in [6.45, 7) is 0.517. The standard InChI is InChI=1S/C11H13BrN2O4/c12-9-4-3-8(7-10(9)14(17)18)11(16)13-5-1-2-6-15/h3-4,7,15H,1-2,5-6H2,(H,13,16). The second-order valence-electron chi connectivity index (χ2n) is 3.61. The molecule has 0 aromatic heterocycles. The SMILES string of the molecule is O=C(NCCCCO)c1ccc(Br)c([N+](=O)[O-])c1. The quantitative estimate of drug-likeness (QED) is 0.476. The fourth-order valence-corrected chi connectivity index (χ4v) is 1.73. The average molecular weight is 317 g/mol. The number of unbranched alkanes of at least 4 members (excludes halogenated alkanes) is 1. The van der Waals surface area contributed by atoms with E-state index in [4.69, 9.17) is 5.11 Å². The molecule has 0 atom stereocenters. The van der Waals surface area contributed by atoms with Crippen LogP contribution in [0.1, 0.15) is 23.2 Å². The van der Waals surface area contributed by atoms with Crippen LogP contribution in [-0.2, 0) is 0 Å². The van der Waals surface area contributed by atoms with Gasteiger partial charge in [0.1, 0.15) is 0 Å². The maximum Gasteiger partial charge on any atom is 0.284 e. The number of hydrogen-bond acceptors (Lipinski definition) is 4. The van der Waals surface area contributed by atoms with Gasteiger partial charge in [-0.15, -0.1) is 0 Å². The fraction of sp³-hybridized carbons (Fsp3) is 0.364. The van der Waals surface area contributed by atoms with Gasteiger partial charge in [0.05, 0.1) is 9.40 Å². The highest BCUT2D eigenvalue weighted by molar-refractivity contribution is 9.10. The van der Waals surface area contributed by atoms with E-state index in [9.17, 15) is 14.9 Å². The number of aliphatic hydroxyl groups is 1. The summed E-state index contributed by atoms with van der Waals surface area (Å²) in [5, 5.41) is 21.9. The number of nitro groups is 1. The van der Waals surface area contributed by atoms with Crippen molar-refractivity contribution in [3.63, 3.8) is 0 Å². The normalized spacial score (nSPS) is 10.1. The predicted molar refractivity (Wildman–Crippen MR) is 69.4 cm³/mol. The molecule has 2 N–H and O–H groups in total. The maximum atomic E-state index is 11.7. The van der Waals surface area contributed by atoms with Gasteiger partial charge in [-0.3, -0.25) is 14.9 Å². The van der Waals surface area contributed by atoms with E-state index in [1.807, 2.05) is 0 Å². The van der Waals surface area contributed by atoms with Crippen molar-refractivity contribution in [1.29, 1.82) is 0 Å². The molecule has 18 heavy (non-hydrogen) atoms. The minimum Gasteiger partial charge on any atom is -0.396 e. The third-order valence-corrected chi connectivity index (χ3v) is 2.95. The Morgan fingerprint density at radius 1 is 1.44 bits per heavy atom. The summed E-state index contributed by atoms with van der Waals surface area (Å²) in [5.74, 6) is -0.358. The monoisotopic (exact) mass is 316 g/mol. The predicted octanol–water partition coefficient (Wildman–Crippen LogP) is 1.86. The molecule has 0 fully saturated rings. The number of halogens is 1. The van der Waals surface area contributed by atoms with Crippen LogP contribution < -0.4 is 5.32 Å². The number of aliphatic hydroxyl groups excluding tert-OH is 1. The maximum absolute atomic E-state index is 11.7. The van der Waals surface area contributed by atoms with Crippen molar-refractivity contribution in [2.45, 2.75) is 12.8 Å². The lowest BCUT2D eigenvalue weighted by Gasteiger charge is -2.05. The summed E-state index contributed by atoms with van der Waals surface area (Å²) < 4.78 is 0.337. The van der Waals surface area contributed by atoms with Crippen LogP contribution in [0.15, 0.2) is 22.7 Å². The third-order valence-electron chi connectivity index (χ3n) is 2.28. The highest BCUT2D eigenvalue weighted by Gasteiger charge is 2.15. The summed E-state index contributed by atoms with van der Waals surface area (Å²) in [5.41, 5.74) is 0.104. The number of benzene rings is 1. The molecule has 7 heteroatoms. The molecular formula is C11H13BrN2O4. The molecule has 0 aliphatic heterocycles. The van der Waals surface area contributed by atoms with Gasteiger partial charge in [0, 0.05) is 24.8 Å². The van der Waals surface area contributed by atoms with Crippen LogP contribution in [0, 0.1) is 10.1 Å². The number of carbonyl (C=O) groups excluding carboxylic acids is 1. The molecule has 0 unspecified atom stereocenters. The first-order valence-electron chi connectivity index (χ1n) is 5.39. The molecule has 1 rings (SSSR count). The molecule has 6 nitrogen and oxygen atoms in total. The van der Waals surface area contributed by atoms with Crippen LogP contribution in [0.4, 0.5) is 5.69 Å². The number of nitrogens with zero attached hydrogens (tertiary/aromatic N) is 1. The van der Waals surface area contributed by atoms with Crippen molar-refractivity contribution in [3.8, 4) is 0 Å². The number of amides is 1. The Bertz CT molecular complexity index is 451. The van der Waals surface area contributed by atoms with Crippen molar-refractivity contribution in [1.82, 2.24) is 5.32 Å².